The lowest BCUT2D eigenvalue weighted by atomic mass is 9.94. The molecular formula is C13H14BrN3O2S. The third-order valence-corrected chi connectivity index (χ3v) is 5.02. The summed E-state index contributed by atoms with van der Waals surface area (Å²) in [6.45, 7) is 2.56. The van der Waals surface area contributed by atoms with E-state index < -0.39 is 0 Å². The number of amides is 1. The Morgan fingerprint density at radius 1 is 1.70 bits per heavy atom. The lowest BCUT2D eigenvalue weighted by Gasteiger charge is -2.27. The van der Waals surface area contributed by atoms with Crippen molar-refractivity contribution in [3.05, 3.63) is 32.6 Å². The van der Waals surface area contributed by atoms with Gasteiger partial charge in [-0.05, 0) is 32.9 Å². The maximum atomic E-state index is 12.3. The summed E-state index contributed by atoms with van der Waals surface area (Å²) < 4.78 is 6.54. The molecule has 2 N–H and O–H groups in total. The third-order valence-electron chi connectivity index (χ3n) is 3.42. The van der Waals surface area contributed by atoms with E-state index in [1.807, 2.05) is 6.92 Å². The van der Waals surface area contributed by atoms with Crippen molar-refractivity contribution in [1.29, 1.82) is 0 Å². The smallest absolute Gasteiger partial charge is 0.231 e. The van der Waals surface area contributed by atoms with Gasteiger partial charge in [0, 0.05) is 11.3 Å². The second kappa shape index (κ2) is 5.67. The van der Waals surface area contributed by atoms with Crippen molar-refractivity contribution < 1.29 is 9.53 Å². The van der Waals surface area contributed by atoms with E-state index in [-0.39, 0.29) is 17.9 Å². The Labute approximate surface area is 128 Å². The number of carbonyl (C=O) groups is 1. The highest BCUT2D eigenvalue weighted by Gasteiger charge is 2.31. The highest BCUT2D eigenvalue weighted by atomic mass is 79.9. The average Bonchev–Trinajstić information content (AvgIpc) is 3.07. The Bertz CT molecular complexity index is 625. The van der Waals surface area contributed by atoms with Crippen molar-refractivity contribution in [2.24, 2.45) is 5.92 Å². The first-order valence-corrected chi connectivity index (χ1v) is 8.01. The number of nitrogens with zero attached hydrogens (tertiary/aromatic N) is 1. The summed E-state index contributed by atoms with van der Waals surface area (Å²) in [6.07, 6.45) is 2.37. The number of hydrogen-bond acceptors (Lipinski definition) is 4. The van der Waals surface area contributed by atoms with E-state index in [4.69, 9.17) is 4.74 Å². The van der Waals surface area contributed by atoms with Crippen LogP contribution in [-0.2, 0) is 16.0 Å². The largest absolute Gasteiger partial charge is 0.372 e. The molecule has 0 fully saturated rings. The Hall–Kier alpha value is -1.18. The fourth-order valence-corrected chi connectivity index (χ4v) is 3.51. The first-order chi connectivity index (χ1) is 9.66. The average molecular weight is 356 g/mol. The van der Waals surface area contributed by atoms with Crippen molar-refractivity contribution in [3.8, 4) is 0 Å². The number of thiophene rings is 1. The number of nitrogens with one attached hydrogen (secondary N) is 2. The maximum Gasteiger partial charge on any atom is 0.231 e. The summed E-state index contributed by atoms with van der Waals surface area (Å²) in [5.74, 6) is 0.223. The zero-order valence-corrected chi connectivity index (χ0v) is 13.3. The van der Waals surface area contributed by atoms with E-state index >= 15 is 0 Å². The van der Waals surface area contributed by atoms with E-state index in [0.29, 0.717) is 12.4 Å². The van der Waals surface area contributed by atoms with Crippen LogP contribution in [0.5, 0.6) is 0 Å². The molecule has 5 nitrogen and oxygen atoms in total. The molecule has 1 aliphatic heterocycles. The molecular weight excluding hydrogens is 342 g/mol. The van der Waals surface area contributed by atoms with Gasteiger partial charge < -0.3 is 10.1 Å². The Morgan fingerprint density at radius 3 is 3.30 bits per heavy atom. The number of aromatic amines is 1. The number of anilines is 1. The van der Waals surface area contributed by atoms with Crippen molar-refractivity contribution in [2.45, 2.75) is 19.4 Å². The van der Waals surface area contributed by atoms with Crippen molar-refractivity contribution in [3.63, 3.8) is 0 Å². The molecule has 0 saturated carbocycles. The van der Waals surface area contributed by atoms with Gasteiger partial charge in [0.1, 0.15) is 5.82 Å². The molecule has 0 bridgehead atoms. The molecule has 0 radical (unpaired) electrons. The fraction of sp³-hybridized carbons (Fsp3) is 0.385. The van der Waals surface area contributed by atoms with Crippen LogP contribution in [0.3, 0.4) is 0 Å². The number of halogens is 1. The van der Waals surface area contributed by atoms with Crippen LogP contribution >= 0.6 is 27.3 Å². The predicted octanol–water partition coefficient (Wildman–Crippen LogP) is 3.12. The first-order valence-electron chi connectivity index (χ1n) is 6.34. The molecule has 0 aliphatic carbocycles. The number of rotatable bonds is 3. The molecule has 0 aromatic carbocycles. The molecule has 0 spiro atoms. The summed E-state index contributed by atoms with van der Waals surface area (Å²) in [5, 5.41) is 11.5. The van der Waals surface area contributed by atoms with Gasteiger partial charge in [0.25, 0.3) is 0 Å². The SMILES string of the molecule is CC(C(=O)Nc1[nH]ncc1Br)C1OCCc2sccc21. The van der Waals surface area contributed by atoms with Crippen LogP contribution in [0.2, 0.25) is 0 Å². The van der Waals surface area contributed by atoms with Gasteiger partial charge in [-0.1, -0.05) is 6.92 Å². The predicted molar refractivity (Wildman–Crippen MR) is 80.8 cm³/mol. The lowest BCUT2D eigenvalue weighted by molar-refractivity contribution is -0.125. The van der Waals surface area contributed by atoms with Crippen molar-refractivity contribution in [1.82, 2.24) is 10.2 Å². The van der Waals surface area contributed by atoms with Gasteiger partial charge in [-0.25, -0.2) is 0 Å². The van der Waals surface area contributed by atoms with Crippen molar-refractivity contribution >= 4 is 39.0 Å². The minimum Gasteiger partial charge on any atom is -0.372 e. The van der Waals surface area contributed by atoms with Crippen LogP contribution in [0.1, 0.15) is 23.5 Å². The number of ether oxygens (including phenoxy) is 1. The van der Waals surface area contributed by atoms with Gasteiger partial charge in [-0.2, -0.15) is 5.10 Å². The van der Waals surface area contributed by atoms with E-state index in [0.717, 1.165) is 16.5 Å². The molecule has 2 unspecified atom stereocenters. The highest BCUT2D eigenvalue weighted by molar-refractivity contribution is 9.10. The molecule has 3 rings (SSSR count). The third kappa shape index (κ3) is 2.53. The number of H-pyrrole nitrogens is 1. The van der Waals surface area contributed by atoms with Crippen LogP contribution in [-0.4, -0.2) is 22.7 Å². The molecule has 106 valence electrons. The topological polar surface area (TPSA) is 67.0 Å². The molecule has 1 aliphatic rings. The maximum absolute atomic E-state index is 12.3. The highest BCUT2D eigenvalue weighted by Crippen LogP contribution is 2.36. The summed E-state index contributed by atoms with van der Waals surface area (Å²) in [5.41, 5.74) is 1.15. The molecule has 2 aromatic heterocycles. The van der Waals surface area contributed by atoms with Crippen LogP contribution in [0.15, 0.2) is 22.1 Å². The second-order valence-corrected chi connectivity index (χ2v) is 6.57. The van der Waals surface area contributed by atoms with Crippen LogP contribution in [0.25, 0.3) is 0 Å². The summed E-state index contributed by atoms with van der Waals surface area (Å²) >= 11 is 5.05. The van der Waals surface area contributed by atoms with Crippen LogP contribution in [0, 0.1) is 5.92 Å². The Kier molecular flexibility index (Phi) is 3.91. The number of fused-ring (bicyclic) bond motifs is 1. The summed E-state index contributed by atoms with van der Waals surface area (Å²) in [4.78, 5) is 13.7. The van der Waals surface area contributed by atoms with Gasteiger partial charge in [-0.3, -0.25) is 9.89 Å². The number of carbonyl (C=O) groups excluding carboxylic acids is 1. The van der Waals surface area contributed by atoms with Gasteiger partial charge in [0.2, 0.25) is 5.91 Å². The Morgan fingerprint density at radius 2 is 2.55 bits per heavy atom. The zero-order valence-electron chi connectivity index (χ0n) is 10.9. The van der Waals surface area contributed by atoms with E-state index in [9.17, 15) is 4.79 Å². The monoisotopic (exact) mass is 355 g/mol. The summed E-state index contributed by atoms with van der Waals surface area (Å²) in [7, 11) is 0. The van der Waals surface area contributed by atoms with E-state index in [1.54, 1.807) is 17.5 Å². The first kappa shape index (κ1) is 13.8. The quantitative estimate of drug-likeness (QED) is 0.888. The second-order valence-electron chi connectivity index (χ2n) is 4.71. The molecule has 2 aromatic rings. The molecule has 0 saturated heterocycles. The van der Waals surface area contributed by atoms with E-state index in [2.05, 4.69) is 42.9 Å². The molecule has 20 heavy (non-hydrogen) atoms. The molecule has 7 heteroatoms. The fourth-order valence-electron chi connectivity index (χ4n) is 2.32. The number of hydrogen-bond donors (Lipinski definition) is 2. The minimum atomic E-state index is -0.265. The van der Waals surface area contributed by atoms with Crippen molar-refractivity contribution in [2.75, 3.05) is 11.9 Å². The summed E-state index contributed by atoms with van der Waals surface area (Å²) in [6, 6.07) is 2.06. The minimum absolute atomic E-state index is 0.0843. The Balaban J connectivity index is 1.75. The van der Waals surface area contributed by atoms with Crippen LogP contribution < -0.4 is 5.32 Å². The van der Waals surface area contributed by atoms with Gasteiger partial charge >= 0.3 is 0 Å². The number of aromatic nitrogens is 2. The van der Waals surface area contributed by atoms with Gasteiger partial charge in [0.15, 0.2) is 0 Å². The normalized spacial score (nSPS) is 19.4. The molecule has 1 amide bonds. The van der Waals surface area contributed by atoms with E-state index in [1.165, 1.54) is 4.88 Å². The lowest BCUT2D eigenvalue weighted by Crippen LogP contribution is -2.30. The molecule has 2 atom stereocenters. The molecule has 3 heterocycles. The standard InChI is InChI=1S/C13H14BrN3O2S/c1-7(13(18)16-12-9(14)6-15-17-12)11-8-3-5-20-10(8)2-4-19-11/h3,5-7,11H,2,4H2,1H3,(H2,15,16,17,18). The van der Waals surface area contributed by atoms with Gasteiger partial charge in [-0.15, -0.1) is 11.3 Å². The zero-order chi connectivity index (χ0) is 14.1. The van der Waals surface area contributed by atoms with Crippen LogP contribution in [0.4, 0.5) is 5.82 Å². The van der Waals surface area contributed by atoms with Gasteiger partial charge in [0.05, 0.1) is 29.3 Å².